The number of benzene rings is 2. The fourth-order valence-corrected chi connectivity index (χ4v) is 3.15. The van der Waals surface area contributed by atoms with Crippen LogP contribution in [0.25, 0.3) is 0 Å². The first kappa shape index (κ1) is 25.7. The van der Waals surface area contributed by atoms with E-state index in [1.165, 1.54) is 14.1 Å². The summed E-state index contributed by atoms with van der Waals surface area (Å²) in [6, 6.07) is 12.8. The molecule has 2 aromatic carbocycles. The quantitative estimate of drug-likeness (QED) is 0.441. The first-order valence-corrected chi connectivity index (χ1v) is 10.4. The third kappa shape index (κ3) is 7.24. The molecule has 2 amide bonds. The van der Waals surface area contributed by atoms with E-state index in [0.29, 0.717) is 18.7 Å². The molecule has 0 bridgehead atoms. The fraction of sp³-hybridized carbons (Fsp3) is 0.320. The van der Waals surface area contributed by atoms with Gasteiger partial charge in [0.15, 0.2) is 11.8 Å². The number of hydrogen-bond acceptors (Lipinski definition) is 5. The zero-order valence-corrected chi connectivity index (χ0v) is 19.0. The molecule has 8 heteroatoms. The molecule has 0 saturated carbocycles. The summed E-state index contributed by atoms with van der Waals surface area (Å²) in [6.07, 6.45) is 0. The number of Topliss-reactive ketones (excluding diaryl/α,β-unsaturated/α-hetero) is 1. The van der Waals surface area contributed by atoms with Crippen LogP contribution in [0, 0.1) is 11.8 Å². The van der Waals surface area contributed by atoms with Crippen LogP contribution in [-0.2, 0) is 16.1 Å². The number of alkyl halides is 1. The second-order valence-corrected chi connectivity index (χ2v) is 7.51. The van der Waals surface area contributed by atoms with Crippen molar-refractivity contribution < 1.29 is 23.9 Å². The van der Waals surface area contributed by atoms with Gasteiger partial charge >= 0.3 is 0 Å². The molecule has 0 saturated heterocycles. The summed E-state index contributed by atoms with van der Waals surface area (Å²) in [7, 11) is 4.55. The summed E-state index contributed by atoms with van der Waals surface area (Å²) in [4.78, 5) is 39.5. The number of carbonyl (C=O) groups is 3. The van der Waals surface area contributed by atoms with Crippen molar-refractivity contribution in [3.63, 3.8) is 0 Å². The van der Waals surface area contributed by atoms with Crippen LogP contribution in [0.1, 0.15) is 27.0 Å². The normalized spacial score (nSPS) is 11.3. The van der Waals surface area contributed by atoms with Crippen molar-refractivity contribution in [2.24, 2.45) is 0 Å². The van der Waals surface area contributed by atoms with Crippen LogP contribution >= 0.6 is 0 Å². The van der Waals surface area contributed by atoms with E-state index in [1.807, 2.05) is 36.2 Å². The second kappa shape index (κ2) is 12.5. The van der Waals surface area contributed by atoms with Crippen molar-refractivity contribution in [1.29, 1.82) is 0 Å². The summed E-state index contributed by atoms with van der Waals surface area (Å²) in [5.41, 5.74) is 2.86. The van der Waals surface area contributed by atoms with E-state index in [4.69, 9.17) is 5.11 Å². The van der Waals surface area contributed by atoms with E-state index >= 15 is 0 Å². The molecule has 2 rings (SSSR count). The van der Waals surface area contributed by atoms with Crippen molar-refractivity contribution in [3.05, 3.63) is 70.8 Å². The van der Waals surface area contributed by atoms with Gasteiger partial charge in [0.1, 0.15) is 13.3 Å². The molecule has 33 heavy (non-hydrogen) atoms. The average Bonchev–Trinajstić information content (AvgIpc) is 2.83. The zero-order valence-electron chi connectivity index (χ0n) is 19.0. The molecule has 0 radical (unpaired) electrons. The predicted octanol–water partition coefficient (Wildman–Crippen LogP) is 1.24. The van der Waals surface area contributed by atoms with Gasteiger partial charge in [0.05, 0.1) is 0 Å². The van der Waals surface area contributed by atoms with Gasteiger partial charge in [0.25, 0.3) is 5.91 Å². The first-order valence-electron chi connectivity index (χ1n) is 10.4. The lowest BCUT2D eigenvalue weighted by atomic mass is 10.1. The average molecular weight is 454 g/mol. The molecule has 7 nitrogen and oxygen atoms in total. The van der Waals surface area contributed by atoms with Crippen molar-refractivity contribution in [2.45, 2.75) is 12.6 Å². The Balaban J connectivity index is 2.08. The van der Waals surface area contributed by atoms with Crippen LogP contribution in [0.4, 0.5) is 4.39 Å². The molecule has 0 heterocycles. The van der Waals surface area contributed by atoms with Crippen molar-refractivity contribution >= 4 is 17.6 Å². The fourth-order valence-electron chi connectivity index (χ4n) is 3.15. The molecule has 174 valence electrons. The lowest BCUT2D eigenvalue weighted by molar-refractivity contribution is -0.135. The number of carbonyl (C=O) groups excluding carboxylic acids is 3. The highest BCUT2D eigenvalue weighted by Gasteiger charge is 2.32. The van der Waals surface area contributed by atoms with E-state index in [9.17, 15) is 18.8 Å². The van der Waals surface area contributed by atoms with E-state index < -0.39 is 30.2 Å². The maximum absolute atomic E-state index is 12.7. The molecule has 0 spiro atoms. The highest BCUT2D eigenvalue weighted by atomic mass is 19.1. The van der Waals surface area contributed by atoms with Gasteiger partial charge in [-0.25, -0.2) is 4.39 Å². The number of nitrogens with zero attached hydrogens (tertiary/aromatic N) is 2. The Morgan fingerprint density at radius 2 is 1.55 bits per heavy atom. The molecule has 0 aliphatic carbocycles. The Morgan fingerprint density at radius 3 is 2.03 bits per heavy atom. The molecule has 0 fully saturated rings. The van der Waals surface area contributed by atoms with E-state index in [-0.39, 0.29) is 12.2 Å². The first-order chi connectivity index (χ1) is 15.8. The van der Waals surface area contributed by atoms with Crippen molar-refractivity contribution in [1.82, 2.24) is 15.1 Å². The van der Waals surface area contributed by atoms with Crippen LogP contribution < -0.4 is 5.32 Å². The molecular formula is C25H28FN3O4. The molecule has 1 unspecified atom stereocenters. The van der Waals surface area contributed by atoms with Crippen molar-refractivity contribution in [2.75, 3.05) is 41.0 Å². The third-order valence-electron chi connectivity index (χ3n) is 5.02. The lowest BCUT2D eigenvalue weighted by Crippen LogP contribution is -2.52. The van der Waals surface area contributed by atoms with Gasteiger partial charge < -0.3 is 15.3 Å². The van der Waals surface area contributed by atoms with Gasteiger partial charge in [0.2, 0.25) is 5.91 Å². The number of halogens is 1. The van der Waals surface area contributed by atoms with Crippen LogP contribution in [-0.4, -0.2) is 79.5 Å². The van der Waals surface area contributed by atoms with Crippen LogP contribution in [0.15, 0.2) is 48.5 Å². The third-order valence-corrected chi connectivity index (χ3v) is 5.02. The molecular weight excluding hydrogens is 425 g/mol. The Hall–Kier alpha value is -3.54. The summed E-state index contributed by atoms with van der Waals surface area (Å²) >= 11 is 0. The highest BCUT2D eigenvalue weighted by molar-refractivity contribution is 6.10. The molecule has 2 N–H and O–H groups in total. The largest absolute Gasteiger partial charge is 0.388 e. The molecule has 1 atom stereocenters. The number of amides is 2. The van der Waals surface area contributed by atoms with Gasteiger partial charge in [0, 0.05) is 43.9 Å². The smallest absolute Gasteiger partial charge is 0.254 e. The highest BCUT2D eigenvalue weighted by Crippen LogP contribution is 2.11. The minimum absolute atomic E-state index is 0.282. The SMILES string of the molecule is CNC(=O)C(C(=O)CO)N(C)C(=O)c1ccc(C#Cc2ccc(CN(C)CCF)cc2)cc1. The maximum atomic E-state index is 12.7. The summed E-state index contributed by atoms with van der Waals surface area (Å²) in [5, 5.41) is 11.4. The Bertz CT molecular complexity index is 1010. The number of rotatable bonds is 9. The van der Waals surface area contributed by atoms with Gasteiger partial charge in [-0.15, -0.1) is 0 Å². The monoisotopic (exact) mass is 453 g/mol. The molecule has 2 aromatic rings. The number of likely N-dealkylation sites (N-methyl/N-ethyl adjacent to an activating group) is 2. The van der Waals surface area contributed by atoms with Crippen LogP contribution in [0.5, 0.6) is 0 Å². The van der Waals surface area contributed by atoms with Crippen LogP contribution in [0.2, 0.25) is 0 Å². The van der Waals surface area contributed by atoms with Crippen LogP contribution in [0.3, 0.4) is 0 Å². The number of ketones is 1. The number of hydrogen-bond donors (Lipinski definition) is 2. The minimum atomic E-state index is -1.41. The van der Waals surface area contributed by atoms with E-state index in [1.54, 1.807) is 24.3 Å². The predicted molar refractivity (Wildman–Crippen MR) is 123 cm³/mol. The molecule has 0 aromatic heterocycles. The minimum Gasteiger partial charge on any atom is -0.388 e. The van der Waals surface area contributed by atoms with Gasteiger partial charge in [-0.3, -0.25) is 19.3 Å². The van der Waals surface area contributed by atoms with Crippen molar-refractivity contribution in [3.8, 4) is 11.8 Å². The lowest BCUT2D eigenvalue weighted by Gasteiger charge is -2.25. The zero-order chi connectivity index (χ0) is 24.4. The maximum Gasteiger partial charge on any atom is 0.254 e. The Kier molecular flexibility index (Phi) is 9.73. The van der Waals surface area contributed by atoms with Gasteiger partial charge in [-0.05, 0) is 49.0 Å². The summed E-state index contributed by atoms with van der Waals surface area (Å²) in [6.45, 7) is -0.179. The Morgan fingerprint density at radius 1 is 1.00 bits per heavy atom. The number of aliphatic hydroxyl groups is 1. The Labute approximate surface area is 193 Å². The summed E-state index contributed by atoms with van der Waals surface area (Å²) in [5.74, 6) is 4.11. The number of aliphatic hydroxyl groups excluding tert-OH is 1. The topological polar surface area (TPSA) is 90.0 Å². The van der Waals surface area contributed by atoms with Gasteiger partial charge in [-0.2, -0.15) is 0 Å². The standard InChI is InChI=1S/C25H28FN3O4/c1-27-24(32)23(22(31)17-30)29(3)25(33)21-12-10-19(11-13-21)5-4-18-6-8-20(9-7-18)16-28(2)15-14-26/h6-13,23,30H,14-17H2,1-3H3,(H,27,32). The number of nitrogens with one attached hydrogen (secondary N) is 1. The molecule has 0 aliphatic rings. The second-order valence-electron chi connectivity index (χ2n) is 7.51. The van der Waals surface area contributed by atoms with E-state index in [0.717, 1.165) is 16.0 Å². The molecule has 0 aliphatic heterocycles. The summed E-state index contributed by atoms with van der Waals surface area (Å²) < 4.78 is 12.4. The van der Waals surface area contributed by atoms with Gasteiger partial charge in [-0.1, -0.05) is 24.0 Å². The van der Waals surface area contributed by atoms with E-state index in [2.05, 4.69) is 17.2 Å².